The number of rotatable bonds is 5. The van der Waals surface area contributed by atoms with Gasteiger partial charge in [-0.2, -0.15) is 0 Å². The minimum absolute atomic E-state index is 0.0698. The van der Waals surface area contributed by atoms with Gasteiger partial charge in [-0.1, -0.05) is 26.7 Å². The van der Waals surface area contributed by atoms with Crippen LogP contribution < -0.4 is 0 Å². The second-order valence-electron chi connectivity index (χ2n) is 2.66. The molecule has 0 amide bonds. The van der Waals surface area contributed by atoms with Crippen LogP contribution in [0, 0.1) is 16.0 Å². The van der Waals surface area contributed by atoms with Gasteiger partial charge in [0.2, 0.25) is 6.54 Å². The highest BCUT2D eigenvalue weighted by Crippen LogP contribution is 2.12. The van der Waals surface area contributed by atoms with Crippen molar-refractivity contribution in [2.75, 3.05) is 6.54 Å². The van der Waals surface area contributed by atoms with Crippen molar-refractivity contribution in [3.63, 3.8) is 0 Å². The SMILES string of the molecule is CCC(CC)C(O)C[N+](=O)[O-]. The van der Waals surface area contributed by atoms with Gasteiger partial charge in [-0.05, 0) is 5.92 Å². The van der Waals surface area contributed by atoms with Crippen molar-refractivity contribution in [2.45, 2.75) is 32.8 Å². The van der Waals surface area contributed by atoms with E-state index in [1.165, 1.54) is 0 Å². The lowest BCUT2D eigenvalue weighted by molar-refractivity contribution is -0.492. The minimum Gasteiger partial charge on any atom is -0.386 e. The highest BCUT2D eigenvalue weighted by molar-refractivity contribution is 4.64. The summed E-state index contributed by atoms with van der Waals surface area (Å²) in [6.07, 6.45) is 0.816. The van der Waals surface area contributed by atoms with Gasteiger partial charge in [-0.25, -0.2) is 0 Å². The zero-order valence-corrected chi connectivity index (χ0v) is 6.99. The Labute approximate surface area is 66.4 Å². The molecule has 0 saturated carbocycles. The summed E-state index contributed by atoms with van der Waals surface area (Å²) in [5.41, 5.74) is 0. The van der Waals surface area contributed by atoms with E-state index in [9.17, 15) is 15.2 Å². The van der Waals surface area contributed by atoms with Crippen molar-refractivity contribution in [3.8, 4) is 0 Å². The Balaban J connectivity index is 3.78. The first-order chi connectivity index (χ1) is 5.11. The lowest BCUT2D eigenvalue weighted by atomic mass is 9.97. The van der Waals surface area contributed by atoms with Crippen LogP contribution in [-0.2, 0) is 0 Å². The zero-order valence-electron chi connectivity index (χ0n) is 6.99. The molecule has 0 bridgehead atoms. The van der Waals surface area contributed by atoms with Crippen molar-refractivity contribution in [1.82, 2.24) is 0 Å². The normalized spacial score (nSPS) is 13.5. The summed E-state index contributed by atoms with van der Waals surface area (Å²) in [6, 6.07) is 0. The second-order valence-corrected chi connectivity index (χ2v) is 2.66. The maximum atomic E-state index is 9.99. The van der Waals surface area contributed by atoms with Gasteiger partial charge in [0.1, 0.15) is 6.10 Å². The molecule has 1 unspecified atom stereocenters. The average molecular weight is 161 g/mol. The standard InChI is InChI=1S/C7H15NO3/c1-3-6(4-2)7(9)5-8(10)11/h6-7,9H,3-5H2,1-2H3. The number of aliphatic hydroxyl groups is 1. The Morgan fingerprint density at radius 1 is 1.45 bits per heavy atom. The fourth-order valence-corrected chi connectivity index (χ4v) is 1.13. The predicted octanol–water partition coefficient (Wildman–Crippen LogP) is 1.06. The first kappa shape index (κ1) is 10.4. The molecule has 1 atom stereocenters. The molecule has 0 saturated heterocycles. The summed E-state index contributed by atoms with van der Waals surface area (Å²) in [5.74, 6) is 0.0698. The van der Waals surface area contributed by atoms with Crippen LogP contribution in [0.3, 0.4) is 0 Å². The number of nitro groups is 1. The summed E-state index contributed by atoms with van der Waals surface area (Å²) in [6.45, 7) is 3.53. The van der Waals surface area contributed by atoms with E-state index in [0.717, 1.165) is 12.8 Å². The Kier molecular flexibility index (Phi) is 4.77. The Morgan fingerprint density at radius 3 is 2.18 bits per heavy atom. The maximum absolute atomic E-state index is 9.99. The molecule has 0 aliphatic heterocycles. The van der Waals surface area contributed by atoms with Gasteiger partial charge in [0.25, 0.3) is 0 Å². The maximum Gasteiger partial charge on any atom is 0.229 e. The summed E-state index contributed by atoms with van der Waals surface area (Å²) in [5, 5.41) is 19.2. The number of hydrogen-bond acceptors (Lipinski definition) is 3. The molecular formula is C7H15NO3. The van der Waals surface area contributed by atoms with E-state index < -0.39 is 11.0 Å². The molecule has 0 fully saturated rings. The first-order valence-electron chi connectivity index (χ1n) is 3.91. The minimum atomic E-state index is -0.778. The van der Waals surface area contributed by atoms with Crippen LogP contribution in [-0.4, -0.2) is 22.7 Å². The summed E-state index contributed by atoms with van der Waals surface area (Å²) in [7, 11) is 0. The molecule has 1 N–H and O–H groups in total. The second kappa shape index (κ2) is 5.07. The molecule has 0 rings (SSSR count). The number of nitrogens with zero attached hydrogens (tertiary/aromatic N) is 1. The lowest BCUT2D eigenvalue weighted by Crippen LogP contribution is -2.27. The highest BCUT2D eigenvalue weighted by atomic mass is 16.6. The molecule has 11 heavy (non-hydrogen) atoms. The molecule has 0 spiro atoms. The van der Waals surface area contributed by atoms with Crippen molar-refractivity contribution < 1.29 is 10.0 Å². The third-order valence-electron chi connectivity index (χ3n) is 1.93. The fourth-order valence-electron chi connectivity index (χ4n) is 1.13. The Hall–Kier alpha value is -0.640. The van der Waals surface area contributed by atoms with Crippen LogP contribution in [0.4, 0.5) is 0 Å². The predicted molar refractivity (Wildman–Crippen MR) is 41.9 cm³/mol. The topological polar surface area (TPSA) is 63.4 Å². The Bertz CT molecular complexity index is 123. The van der Waals surface area contributed by atoms with E-state index in [0.29, 0.717) is 0 Å². The average Bonchev–Trinajstić information content (AvgIpc) is 1.88. The van der Waals surface area contributed by atoms with E-state index in [-0.39, 0.29) is 12.5 Å². The smallest absolute Gasteiger partial charge is 0.229 e. The molecule has 0 aromatic rings. The van der Waals surface area contributed by atoms with Crippen molar-refractivity contribution in [1.29, 1.82) is 0 Å². The fraction of sp³-hybridized carbons (Fsp3) is 1.00. The van der Waals surface area contributed by atoms with Gasteiger partial charge in [-0.3, -0.25) is 10.1 Å². The van der Waals surface area contributed by atoms with Crippen LogP contribution in [0.2, 0.25) is 0 Å². The van der Waals surface area contributed by atoms with Gasteiger partial charge in [0.15, 0.2) is 0 Å². The Morgan fingerprint density at radius 2 is 1.91 bits per heavy atom. The quantitative estimate of drug-likeness (QED) is 0.484. The molecule has 0 aromatic carbocycles. The third kappa shape index (κ3) is 3.93. The van der Waals surface area contributed by atoms with Crippen molar-refractivity contribution in [2.24, 2.45) is 5.92 Å². The van der Waals surface area contributed by atoms with Gasteiger partial charge in [0, 0.05) is 4.92 Å². The van der Waals surface area contributed by atoms with Crippen molar-refractivity contribution in [3.05, 3.63) is 10.1 Å². The molecule has 66 valence electrons. The van der Waals surface area contributed by atoms with E-state index >= 15 is 0 Å². The van der Waals surface area contributed by atoms with E-state index in [1.54, 1.807) is 0 Å². The van der Waals surface area contributed by atoms with E-state index in [4.69, 9.17) is 0 Å². The van der Waals surface area contributed by atoms with Crippen LogP contribution in [0.1, 0.15) is 26.7 Å². The van der Waals surface area contributed by atoms with Gasteiger partial charge in [0.05, 0.1) is 0 Å². The molecule has 4 heteroatoms. The monoisotopic (exact) mass is 161 g/mol. The number of aliphatic hydroxyl groups excluding tert-OH is 1. The van der Waals surface area contributed by atoms with Crippen LogP contribution in [0.25, 0.3) is 0 Å². The van der Waals surface area contributed by atoms with E-state index in [2.05, 4.69) is 0 Å². The molecule has 0 aliphatic carbocycles. The summed E-state index contributed by atoms with van der Waals surface area (Å²) in [4.78, 5) is 9.52. The van der Waals surface area contributed by atoms with Gasteiger partial charge >= 0.3 is 0 Å². The van der Waals surface area contributed by atoms with Crippen LogP contribution in [0.5, 0.6) is 0 Å². The highest BCUT2D eigenvalue weighted by Gasteiger charge is 2.19. The largest absolute Gasteiger partial charge is 0.386 e. The van der Waals surface area contributed by atoms with Crippen molar-refractivity contribution >= 4 is 0 Å². The van der Waals surface area contributed by atoms with Gasteiger partial charge in [-0.15, -0.1) is 0 Å². The summed E-state index contributed by atoms with van der Waals surface area (Å²) < 4.78 is 0. The zero-order chi connectivity index (χ0) is 8.85. The third-order valence-corrected chi connectivity index (χ3v) is 1.93. The lowest BCUT2D eigenvalue weighted by Gasteiger charge is -2.15. The molecule has 0 radical (unpaired) electrons. The first-order valence-corrected chi connectivity index (χ1v) is 3.91. The number of hydrogen-bond donors (Lipinski definition) is 1. The van der Waals surface area contributed by atoms with Gasteiger partial charge < -0.3 is 5.11 Å². The molecule has 0 aliphatic rings. The molecule has 4 nitrogen and oxygen atoms in total. The van der Waals surface area contributed by atoms with Crippen LogP contribution >= 0.6 is 0 Å². The summed E-state index contributed by atoms with van der Waals surface area (Å²) >= 11 is 0. The molecule has 0 aromatic heterocycles. The van der Waals surface area contributed by atoms with E-state index in [1.807, 2.05) is 13.8 Å². The van der Waals surface area contributed by atoms with Crippen LogP contribution in [0.15, 0.2) is 0 Å². The molecule has 0 heterocycles. The molecular weight excluding hydrogens is 146 g/mol.